The van der Waals surface area contributed by atoms with Gasteiger partial charge in [0, 0.05) is 0 Å². The van der Waals surface area contributed by atoms with Gasteiger partial charge in [0.15, 0.2) is 0 Å². The topological polar surface area (TPSA) is 0 Å². The summed E-state index contributed by atoms with van der Waals surface area (Å²) in [4.78, 5) is 0. The molecule has 0 heterocycles. The molecule has 0 atom stereocenters. The average Bonchev–Trinajstić information content (AvgIpc) is 3.48. The van der Waals surface area contributed by atoms with Gasteiger partial charge in [0.05, 0.1) is 0 Å². The number of fused-ring (bicyclic) bond motifs is 3. The van der Waals surface area contributed by atoms with Crippen molar-refractivity contribution in [3.8, 4) is 0 Å². The summed E-state index contributed by atoms with van der Waals surface area (Å²) in [7, 11) is 0. The van der Waals surface area contributed by atoms with Crippen LogP contribution in [0.3, 0.4) is 0 Å². The molecule has 0 N–H and O–H groups in total. The van der Waals surface area contributed by atoms with Gasteiger partial charge >= 0.3 is 53.1 Å². The summed E-state index contributed by atoms with van der Waals surface area (Å²) < 4.78 is 1.79. The first-order valence-corrected chi connectivity index (χ1v) is 13.2. The van der Waals surface area contributed by atoms with E-state index in [2.05, 4.69) is 96.2 Å². The Morgan fingerprint density at radius 1 is 0.765 bits per heavy atom. The third-order valence-electron chi connectivity index (χ3n) is 6.23. The van der Waals surface area contributed by atoms with Crippen molar-refractivity contribution >= 4 is 24.8 Å². The summed E-state index contributed by atoms with van der Waals surface area (Å²) in [6, 6.07) is 16.2. The first kappa shape index (κ1) is 31.2. The molecule has 0 saturated heterocycles. The molecule has 2 aliphatic rings. The summed E-state index contributed by atoms with van der Waals surface area (Å²) in [5, 5.41) is 5.48. The van der Waals surface area contributed by atoms with Crippen molar-refractivity contribution in [3.63, 3.8) is 0 Å². The molecule has 3 heteroatoms. The van der Waals surface area contributed by atoms with Gasteiger partial charge in [-0.1, -0.05) is 76.9 Å². The number of hydrogen-bond acceptors (Lipinski definition) is 0. The molecule has 2 aliphatic carbocycles. The zero-order valence-electron chi connectivity index (χ0n) is 21.6. The predicted molar refractivity (Wildman–Crippen MR) is 139 cm³/mol. The molecule has 1 saturated carbocycles. The molecule has 3 aromatic carbocycles. The molecular weight excluding hydrogens is 534 g/mol. The summed E-state index contributed by atoms with van der Waals surface area (Å²) >= 11 is 1.68. The zero-order chi connectivity index (χ0) is 23.4. The second-order valence-corrected chi connectivity index (χ2v) is 12.8. The van der Waals surface area contributed by atoms with E-state index in [1.54, 1.807) is 27.4 Å². The molecule has 0 radical (unpaired) electrons. The predicted octanol–water partition coefficient (Wildman–Crippen LogP) is 2.90. The van der Waals surface area contributed by atoms with Crippen LogP contribution in [0.5, 0.6) is 0 Å². The maximum absolute atomic E-state index is 2.99. The molecule has 0 amide bonds. The van der Waals surface area contributed by atoms with Crippen molar-refractivity contribution in [1.82, 2.24) is 0 Å². The van der Waals surface area contributed by atoms with E-state index in [1.807, 2.05) is 12.2 Å². The molecule has 0 nitrogen and oxygen atoms in total. The molecule has 0 unspecified atom stereocenters. The van der Waals surface area contributed by atoms with Crippen molar-refractivity contribution in [1.29, 1.82) is 0 Å². The van der Waals surface area contributed by atoms with Gasteiger partial charge in [0.1, 0.15) is 0 Å². The van der Waals surface area contributed by atoms with Crippen LogP contribution in [-0.4, -0.2) is 3.21 Å². The van der Waals surface area contributed by atoms with E-state index < -0.39 is 0 Å². The average molecular weight is 573 g/mol. The van der Waals surface area contributed by atoms with Gasteiger partial charge in [-0.05, 0) is 10.8 Å². The number of benzene rings is 2. The Bertz CT molecular complexity index is 1050. The van der Waals surface area contributed by atoms with Gasteiger partial charge in [0.25, 0.3) is 0 Å². The van der Waals surface area contributed by atoms with E-state index in [0.29, 0.717) is 0 Å². The van der Waals surface area contributed by atoms with Crippen molar-refractivity contribution in [3.05, 3.63) is 77.9 Å². The van der Waals surface area contributed by atoms with Crippen LogP contribution in [0.15, 0.2) is 60.7 Å². The fraction of sp³-hybridized carbons (Fsp3) is 0.419. The van der Waals surface area contributed by atoms with Crippen molar-refractivity contribution < 1.29 is 49.0 Å². The van der Waals surface area contributed by atoms with Gasteiger partial charge in [-0.15, -0.1) is 46.2 Å². The Balaban J connectivity index is 0.000000367. The van der Waals surface area contributed by atoms with Crippen LogP contribution < -0.4 is 24.8 Å². The fourth-order valence-electron chi connectivity index (χ4n) is 4.10. The van der Waals surface area contributed by atoms with Gasteiger partial charge in [-0.3, -0.25) is 6.08 Å². The van der Waals surface area contributed by atoms with Crippen molar-refractivity contribution in [2.45, 2.75) is 84.5 Å². The molecule has 1 fully saturated rings. The van der Waals surface area contributed by atoms with Gasteiger partial charge in [0.2, 0.25) is 0 Å². The minimum absolute atomic E-state index is 0. The van der Waals surface area contributed by atoms with Crippen LogP contribution in [0.2, 0.25) is 0 Å². The fourth-order valence-corrected chi connectivity index (χ4v) is 4.97. The van der Waals surface area contributed by atoms with E-state index in [-0.39, 0.29) is 35.6 Å². The molecule has 3 aromatic rings. The van der Waals surface area contributed by atoms with Crippen LogP contribution in [-0.2, 0) is 35.1 Å². The van der Waals surface area contributed by atoms with Crippen molar-refractivity contribution in [2.24, 2.45) is 0 Å². The molecule has 182 valence electrons. The Morgan fingerprint density at radius 3 is 1.50 bits per heavy atom. The molecule has 0 aliphatic heterocycles. The van der Waals surface area contributed by atoms with Crippen LogP contribution in [0.4, 0.5) is 0 Å². The Hall–Kier alpha value is -0.877. The quantitative estimate of drug-likeness (QED) is 0.364. The minimum atomic E-state index is 0. The first-order valence-electron chi connectivity index (χ1n) is 12.0. The van der Waals surface area contributed by atoms with E-state index >= 15 is 0 Å². The van der Waals surface area contributed by atoms with E-state index in [0.717, 1.165) is 6.42 Å². The third-order valence-corrected chi connectivity index (χ3v) is 7.46. The van der Waals surface area contributed by atoms with Crippen LogP contribution in [0.1, 0.15) is 84.8 Å². The second kappa shape index (κ2) is 13.4. The third kappa shape index (κ3) is 8.65. The molecule has 0 aromatic heterocycles. The van der Waals surface area contributed by atoms with Crippen LogP contribution >= 0.6 is 0 Å². The van der Waals surface area contributed by atoms with E-state index in [1.165, 1.54) is 58.4 Å². The summed E-state index contributed by atoms with van der Waals surface area (Å²) in [5.74, 6) is 0. The second-order valence-electron chi connectivity index (χ2n) is 11.1. The van der Waals surface area contributed by atoms with Gasteiger partial charge < -0.3 is 24.8 Å². The van der Waals surface area contributed by atoms with Gasteiger partial charge in [-0.25, -0.2) is 12.2 Å². The summed E-state index contributed by atoms with van der Waals surface area (Å²) in [6.07, 6.45) is 15.8. The maximum atomic E-state index is 2.99. The Labute approximate surface area is 234 Å². The van der Waals surface area contributed by atoms with Gasteiger partial charge in [-0.2, -0.15) is 6.08 Å². The van der Waals surface area contributed by atoms with E-state index in [4.69, 9.17) is 0 Å². The van der Waals surface area contributed by atoms with E-state index in [9.17, 15) is 0 Å². The molecule has 0 bridgehead atoms. The SMILES string of the molecule is CC(C)(C)c1ccc2c(c1)[cH-]c1cc(C(C)(C)C)ccc12.[C-]1=CC=CC1.[Cl-].[Cl-].[Zr+2]=[C]1CCCC1. The number of halogens is 2. The Morgan fingerprint density at radius 2 is 1.24 bits per heavy atom. The summed E-state index contributed by atoms with van der Waals surface area (Å²) in [6.45, 7) is 13.6. The van der Waals surface area contributed by atoms with Crippen molar-refractivity contribution in [2.75, 3.05) is 0 Å². The summed E-state index contributed by atoms with van der Waals surface area (Å²) in [5.41, 5.74) is 3.21. The Kier molecular flexibility index (Phi) is 12.3. The first-order chi connectivity index (χ1) is 15.1. The normalized spacial score (nSPS) is 14.8. The molecule has 0 spiro atoms. The monoisotopic (exact) mass is 570 g/mol. The zero-order valence-corrected chi connectivity index (χ0v) is 25.5. The van der Waals surface area contributed by atoms with Crippen LogP contribution in [0.25, 0.3) is 21.5 Å². The van der Waals surface area contributed by atoms with Crippen LogP contribution in [0, 0.1) is 6.08 Å². The number of hydrogen-bond donors (Lipinski definition) is 0. The molecule has 34 heavy (non-hydrogen) atoms. The molecular formula is C31H38Cl2Zr-2. The standard InChI is InChI=1S/C21H25.C5H8.C5H5.2ClH.Zr/c1-20(2,3)16-7-9-18-14(12-16)11-15-13-17(21(4,5)6)8-10-19(15)18;2*1-2-4-5-3-1;;;/h7-13H,1-6H3;1-4H2;1-3H,4H2;2*1H;/q-1;;-1;;;+2/p-2. The number of rotatable bonds is 0. The molecule has 5 rings (SSSR count). The number of allylic oxidation sites excluding steroid dienone is 4.